The van der Waals surface area contributed by atoms with Gasteiger partial charge < -0.3 is 19.4 Å². The summed E-state index contributed by atoms with van der Waals surface area (Å²) in [6.45, 7) is 12.0. The molecule has 0 radical (unpaired) electrons. The Balaban J connectivity index is 1.30. The number of ether oxygens (including phenoxy) is 2. The van der Waals surface area contributed by atoms with Gasteiger partial charge in [-0.05, 0) is 134 Å². The maximum absolute atomic E-state index is 13.2. The van der Waals surface area contributed by atoms with E-state index < -0.39 is 21.8 Å². The highest BCUT2D eigenvalue weighted by molar-refractivity contribution is 5.96. The number of benzene rings is 2. The summed E-state index contributed by atoms with van der Waals surface area (Å²) in [7, 11) is 0. The van der Waals surface area contributed by atoms with Crippen LogP contribution >= 0.6 is 0 Å². The molecule has 0 saturated heterocycles. The SMILES string of the molecule is CCc1c(C)c2cc3[nH]c(cc4nc(cc5nc(cc1[nH]2)C(C)=C5CCC(=O)OCc1ccccc1[N+](=O)[O-])C(CCC(=O)OCc1ccccc1[N+](=O)[O-])=C4C)c(C)c3CC. The lowest BCUT2D eigenvalue weighted by molar-refractivity contribution is -0.386. The molecule has 3 aromatic heterocycles. The van der Waals surface area contributed by atoms with Gasteiger partial charge >= 0.3 is 11.9 Å². The van der Waals surface area contributed by atoms with Gasteiger partial charge in [0.25, 0.3) is 11.4 Å². The Morgan fingerprint density at radius 1 is 0.581 bits per heavy atom. The van der Waals surface area contributed by atoms with Gasteiger partial charge in [-0.15, -0.1) is 0 Å². The van der Waals surface area contributed by atoms with Crippen LogP contribution in [0.2, 0.25) is 0 Å². The summed E-state index contributed by atoms with van der Waals surface area (Å²) in [4.78, 5) is 66.1. The number of allylic oxidation sites excluding steroid dienone is 4. The second kappa shape index (κ2) is 18.2. The molecule has 318 valence electrons. The molecule has 0 amide bonds. The summed E-state index contributed by atoms with van der Waals surface area (Å²) < 4.78 is 11.1. The lowest BCUT2D eigenvalue weighted by Crippen LogP contribution is -2.06. The fraction of sp³-hybridized carbons (Fsp3) is 0.292. The number of H-pyrrole nitrogens is 2. The van der Waals surface area contributed by atoms with Crippen molar-refractivity contribution in [2.24, 2.45) is 0 Å². The van der Waals surface area contributed by atoms with Crippen molar-refractivity contribution < 1.29 is 28.9 Å². The zero-order valence-corrected chi connectivity index (χ0v) is 35.6. The van der Waals surface area contributed by atoms with Gasteiger partial charge in [0.1, 0.15) is 13.2 Å². The van der Waals surface area contributed by atoms with Crippen molar-refractivity contribution in [3.05, 3.63) is 149 Å². The predicted octanol–water partition coefficient (Wildman–Crippen LogP) is 10.8. The molecule has 2 aliphatic heterocycles. The molecule has 2 aromatic carbocycles. The summed E-state index contributed by atoms with van der Waals surface area (Å²) in [5.74, 6) is -1.03. The van der Waals surface area contributed by atoms with Crippen LogP contribution in [0.1, 0.15) is 110 Å². The van der Waals surface area contributed by atoms with Crippen LogP contribution in [0.4, 0.5) is 11.4 Å². The normalized spacial score (nSPS) is 12.5. The van der Waals surface area contributed by atoms with Crippen molar-refractivity contribution >= 4 is 67.7 Å². The second-order valence-corrected chi connectivity index (χ2v) is 15.5. The van der Waals surface area contributed by atoms with Gasteiger partial charge in [0.05, 0.1) is 43.7 Å². The molecule has 0 aliphatic carbocycles. The van der Waals surface area contributed by atoms with Crippen LogP contribution in [0.15, 0.2) is 72.8 Å². The van der Waals surface area contributed by atoms with Crippen LogP contribution in [0.5, 0.6) is 0 Å². The molecule has 2 N–H and O–H groups in total. The first kappa shape index (κ1) is 42.9. The van der Waals surface area contributed by atoms with Crippen LogP contribution in [0.3, 0.4) is 0 Å². The van der Waals surface area contributed by atoms with Crippen molar-refractivity contribution in [3.8, 4) is 0 Å². The molecule has 8 bridgehead atoms. The van der Waals surface area contributed by atoms with E-state index in [-0.39, 0.29) is 50.3 Å². The van der Waals surface area contributed by atoms with E-state index in [4.69, 9.17) is 19.4 Å². The smallest absolute Gasteiger partial charge is 0.306 e. The van der Waals surface area contributed by atoms with Gasteiger partial charge in [-0.3, -0.25) is 29.8 Å². The minimum Gasteiger partial charge on any atom is -0.461 e. The highest BCUT2D eigenvalue weighted by Crippen LogP contribution is 2.38. The van der Waals surface area contributed by atoms with Crippen LogP contribution in [0, 0.1) is 34.1 Å². The molecule has 2 aliphatic rings. The Morgan fingerprint density at radius 2 is 0.984 bits per heavy atom. The zero-order chi connectivity index (χ0) is 44.2. The van der Waals surface area contributed by atoms with Crippen LogP contribution < -0.4 is 0 Å². The first-order chi connectivity index (χ1) is 29.8. The summed E-state index contributed by atoms with van der Waals surface area (Å²) in [6.07, 6.45) is 2.13. The molecule has 14 nitrogen and oxygen atoms in total. The number of aryl methyl sites for hydroxylation is 4. The number of esters is 2. The van der Waals surface area contributed by atoms with Gasteiger partial charge in [-0.2, -0.15) is 0 Å². The Labute approximate surface area is 358 Å². The number of fused-ring (bicyclic) bond motifs is 8. The van der Waals surface area contributed by atoms with E-state index in [1.807, 2.05) is 32.0 Å². The Bertz CT molecular complexity index is 2880. The van der Waals surface area contributed by atoms with Gasteiger partial charge in [-0.25, -0.2) is 9.97 Å². The molecule has 0 spiro atoms. The molecule has 62 heavy (non-hydrogen) atoms. The maximum Gasteiger partial charge on any atom is 0.306 e. The quantitative estimate of drug-likeness (QED) is 0.0617. The summed E-state index contributed by atoms with van der Waals surface area (Å²) >= 11 is 0. The average Bonchev–Trinajstić information content (AvgIpc) is 3.92. The molecule has 0 unspecified atom stereocenters. The Hall–Kier alpha value is -7.22. The fourth-order valence-electron chi connectivity index (χ4n) is 8.29. The highest BCUT2D eigenvalue weighted by Gasteiger charge is 2.24. The minimum absolute atomic E-state index is 0.00683. The number of rotatable bonds is 14. The van der Waals surface area contributed by atoms with Crippen molar-refractivity contribution in [1.29, 1.82) is 0 Å². The van der Waals surface area contributed by atoms with Crippen molar-refractivity contribution in [3.63, 3.8) is 0 Å². The van der Waals surface area contributed by atoms with E-state index in [1.165, 1.54) is 17.7 Å². The average molecular weight is 837 g/mol. The third-order valence-corrected chi connectivity index (χ3v) is 11.8. The molecular formula is C48H48N6O8. The summed E-state index contributed by atoms with van der Waals surface area (Å²) in [5, 5.41) is 23.1. The molecular weight excluding hydrogens is 789 g/mol. The lowest BCUT2D eigenvalue weighted by atomic mass is 9.98. The number of nitrogens with zero attached hydrogens (tertiary/aromatic N) is 4. The number of aromatic nitrogens is 4. The number of carbonyl (C=O) groups excluding carboxylic acids is 2. The highest BCUT2D eigenvalue weighted by atomic mass is 16.6. The molecule has 0 atom stereocenters. The molecule has 0 saturated carbocycles. The third kappa shape index (κ3) is 8.80. The second-order valence-electron chi connectivity index (χ2n) is 15.5. The Morgan fingerprint density at radius 3 is 1.42 bits per heavy atom. The molecule has 5 aromatic rings. The van der Waals surface area contributed by atoms with Gasteiger partial charge in [0.15, 0.2) is 0 Å². The number of para-hydroxylation sites is 2. The minimum atomic E-state index is -0.516. The standard InChI is InChI=1S/C48H48N6O8/c1-7-33-27(3)37-21-38-29(5)35(17-19-47(55)61-25-31-13-9-11-15-45(31)53(57)58)43(51-38)24-44-36(18-20-48(56)62-26-32-14-10-12-16-46(32)54(59)60)30(6)40(52-44)23-42-34(8-2)28(4)39(50-42)22-41(33)49-37/h9-16,21-24,49-50H,7-8,17-20,25-26H2,1-6H3. The van der Waals surface area contributed by atoms with E-state index in [2.05, 4.69) is 43.7 Å². The number of nitro benzene ring substituents is 2. The predicted molar refractivity (Wildman–Crippen MR) is 238 cm³/mol. The van der Waals surface area contributed by atoms with Gasteiger partial charge in [-0.1, -0.05) is 38.1 Å². The van der Waals surface area contributed by atoms with Crippen molar-refractivity contribution in [2.75, 3.05) is 0 Å². The molecule has 7 rings (SSSR count). The Kier molecular flexibility index (Phi) is 12.6. The van der Waals surface area contributed by atoms with Gasteiger partial charge in [0.2, 0.25) is 0 Å². The topological polar surface area (TPSA) is 196 Å². The largest absolute Gasteiger partial charge is 0.461 e. The van der Waals surface area contributed by atoms with E-state index in [1.54, 1.807) is 36.4 Å². The number of nitro groups is 2. The van der Waals surface area contributed by atoms with E-state index in [9.17, 15) is 29.8 Å². The summed E-state index contributed by atoms with van der Waals surface area (Å²) in [6, 6.07) is 20.5. The first-order valence-electron chi connectivity index (χ1n) is 20.7. The number of nitrogens with one attached hydrogen (secondary N) is 2. The van der Waals surface area contributed by atoms with Crippen LogP contribution in [-0.2, 0) is 45.1 Å². The zero-order valence-electron chi connectivity index (χ0n) is 35.6. The molecule has 0 fully saturated rings. The molecule has 5 heterocycles. The van der Waals surface area contributed by atoms with Crippen LogP contribution in [-0.4, -0.2) is 41.7 Å². The number of aromatic amines is 2. The van der Waals surface area contributed by atoms with Gasteiger partial charge in [0, 0.05) is 47.0 Å². The molecule has 14 heteroatoms. The van der Waals surface area contributed by atoms with Crippen molar-refractivity contribution in [2.45, 2.75) is 93.3 Å². The van der Waals surface area contributed by atoms with Crippen LogP contribution in [0.25, 0.3) is 44.4 Å². The number of hydrogen-bond donors (Lipinski definition) is 2. The first-order valence-corrected chi connectivity index (χ1v) is 20.7. The third-order valence-electron chi connectivity index (χ3n) is 11.8. The van der Waals surface area contributed by atoms with E-state index in [0.717, 1.165) is 79.6 Å². The van der Waals surface area contributed by atoms with E-state index >= 15 is 0 Å². The number of carbonyl (C=O) groups is 2. The maximum atomic E-state index is 13.2. The van der Waals surface area contributed by atoms with Crippen molar-refractivity contribution in [1.82, 2.24) is 19.9 Å². The number of hydrogen-bond acceptors (Lipinski definition) is 10. The summed E-state index contributed by atoms with van der Waals surface area (Å²) in [5.41, 5.74) is 14.8. The fourth-order valence-corrected chi connectivity index (χ4v) is 8.29. The lowest BCUT2D eigenvalue weighted by Gasteiger charge is -2.08. The van der Waals surface area contributed by atoms with E-state index in [0.29, 0.717) is 28.2 Å². The monoisotopic (exact) mass is 836 g/mol.